The van der Waals surface area contributed by atoms with E-state index in [0.29, 0.717) is 23.6 Å². The molecule has 1 aromatic heterocycles. The van der Waals surface area contributed by atoms with Crippen molar-refractivity contribution in [2.45, 2.75) is 25.6 Å². The van der Waals surface area contributed by atoms with Crippen molar-refractivity contribution in [2.75, 3.05) is 20.2 Å². The smallest absolute Gasteiger partial charge is 0.264 e. The van der Waals surface area contributed by atoms with Crippen LogP contribution in [0, 0.1) is 12.7 Å². The van der Waals surface area contributed by atoms with Crippen LogP contribution in [0.15, 0.2) is 30.3 Å². The number of hydrogen-bond acceptors (Lipinski definition) is 5. The maximum atomic E-state index is 13.3. The maximum absolute atomic E-state index is 13.3. The second-order valence-corrected chi connectivity index (χ2v) is 7.26. The summed E-state index contributed by atoms with van der Waals surface area (Å²) in [6.45, 7) is 2.64. The molecule has 7 heteroatoms. The zero-order valence-electron chi connectivity index (χ0n) is 14.1. The number of carbonyl (C=O) groups is 1. The lowest BCUT2D eigenvalue weighted by Crippen LogP contribution is -2.50. The molecule has 3 rings (SSSR count). The van der Waals surface area contributed by atoms with Crippen LogP contribution in [0.5, 0.6) is 11.5 Å². The van der Waals surface area contributed by atoms with Gasteiger partial charge >= 0.3 is 0 Å². The number of aliphatic hydroxyl groups excluding tert-OH is 1. The van der Waals surface area contributed by atoms with Crippen molar-refractivity contribution in [1.29, 1.82) is 0 Å². The average molecular weight is 365 g/mol. The van der Waals surface area contributed by atoms with Crippen LogP contribution in [0.25, 0.3) is 0 Å². The molecule has 0 spiro atoms. The highest BCUT2D eigenvalue weighted by Gasteiger charge is 2.33. The van der Waals surface area contributed by atoms with Crippen molar-refractivity contribution in [3.8, 4) is 11.5 Å². The molecule has 1 N–H and O–H groups in total. The number of likely N-dealkylation sites (tertiary alicyclic amines) is 1. The molecule has 0 radical (unpaired) electrons. The van der Waals surface area contributed by atoms with E-state index in [1.165, 1.54) is 36.6 Å². The van der Waals surface area contributed by atoms with Gasteiger partial charge in [-0.2, -0.15) is 0 Å². The zero-order valence-corrected chi connectivity index (χ0v) is 14.9. The Bertz CT molecular complexity index is 763. The number of thiophene rings is 1. The Hall–Kier alpha value is -2.12. The van der Waals surface area contributed by atoms with Crippen molar-refractivity contribution in [2.24, 2.45) is 0 Å². The molecule has 134 valence electrons. The van der Waals surface area contributed by atoms with E-state index in [2.05, 4.69) is 0 Å². The highest BCUT2D eigenvalue weighted by atomic mass is 32.1. The lowest BCUT2D eigenvalue weighted by molar-refractivity contribution is -0.0206. The van der Waals surface area contributed by atoms with Gasteiger partial charge in [-0.1, -0.05) is 0 Å². The summed E-state index contributed by atoms with van der Waals surface area (Å²) in [5, 5.41) is 10.4. The molecule has 25 heavy (non-hydrogen) atoms. The topological polar surface area (TPSA) is 59.0 Å². The summed E-state index contributed by atoms with van der Waals surface area (Å²) in [5.41, 5.74) is 0. The summed E-state index contributed by atoms with van der Waals surface area (Å²) in [7, 11) is 1.43. The van der Waals surface area contributed by atoms with E-state index >= 15 is 0 Å². The minimum Gasteiger partial charge on any atom is -0.493 e. The molecule has 2 heterocycles. The van der Waals surface area contributed by atoms with E-state index in [1.807, 2.05) is 13.0 Å². The molecule has 0 bridgehead atoms. The molecule has 0 unspecified atom stereocenters. The molecule has 1 fully saturated rings. The fraction of sp³-hybridized carbons (Fsp3) is 0.389. The Balaban J connectivity index is 1.65. The van der Waals surface area contributed by atoms with Crippen LogP contribution in [0.4, 0.5) is 4.39 Å². The molecule has 2 atom stereocenters. The highest BCUT2D eigenvalue weighted by molar-refractivity contribution is 7.13. The van der Waals surface area contributed by atoms with Crippen LogP contribution < -0.4 is 9.47 Å². The molecule has 1 amide bonds. The van der Waals surface area contributed by atoms with E-state index in [9.17, 15) is 14.3 Å². The van der Waals surface area contributed by atoms with E-state index in [0.717, 1.165) is 4.88 Å². The maximum Gasteiger partial charge on any atom is 0.264 e. The summed E-state index contributed by atoms with van der Waals surface area (Å²) < 4.78 is 24.2. The summed E-state index contributed by atoms with van der Waals surface area (Å²) in [5.74, 6) is 0.160. The number of nitrogens with zero attached hydrogens (tertiary/aromatic N) is 1. The first-order valence-corrected chi connectivity index (χ1v) is 8.83. The number of benzene rings is 1. The molecule has 0 saturated carbocycles. The summed E-state index contributed by atoms with van der Waals surface area (Å²) in [4.78, 5) is 15.9. The van der Waals surface area contributed by atoms with Gasteiger partial charge in [0.2, 0.25) is 0 Å². The third-order valence-electron chi connectivity index (χ3n) is 4.16. The van der Waals surface area contributed by atoms with Crippen LogP contribution in [-0.4, -0.2) is 48.3 Å². The monoisotopic (exact) mass is 365 g/mol. The highest BCUT2D eigenvalue weighted by Crippen LogP contribution is 2.30. The Morgan fingerprint density at radius 1 is 1.32 bits per heavy atom. The van der Waals surface area contributed by atoms with E-state index < -0.39 is 18.0 Å². The lowest BCUT2D eigenvalue weighted by atomic mass is 10.0. The zero-order chi connectivity index (χ0) is 18.0. The van der Waals surface area contributed by atoms with Crippen molar-refractivity contribution in [1.82, 2.24) is 4.90 Å². The number of piperidine rings is 1. The fourth-order valence-electron chi connectivity index (χ4n) is 2.84. The number of hydrogen-bond donors (Lipinski definition) is 1. The average Bonchev–Trinajstić information content (AvgIpc) is 3.03. The fourth-order valence-corrected chi connectivity index (χ4v) is 3.67. The van der Waals surface area contributed by atoms with E-state index in [-0.39, 0.29) is 18.2 Å². The number of methoxy groups -OCH3 is 1. The van der Waals surface area contributed by atoms with E-state index in [1.54, 1.807) is 11.0 Å². The number of amides is 1. The van der Waals surface area contributed by atoms with Gasteiger partial charge in [0.1, 0.15) is 18.0 Å². The third kappa shape index (κ3) is 3.93. The van der Waals surface area contributed by atoms with Crippen LogP contribution in [0.2, 0.25) is 0 Å². The summed E-state index contributed by atoms with van der Waals surface area (Å²) >= 11 is 1.44. The van der Waals surface area contributed by atoms with Gasteiger partial charge in [0.15, 0.2) is 11.5 Å². The quantitative estimate of drug-likeness (QED) is 0.905. The molecule has 5 nitrogen and oxygen atoms in total. The normalized spacial score (nSPS) is 20.4. The van der Waals surface area contributed by atoms with Crippen LogP contribution in [-0.2, 0) is 0 Å². The van der Waals surface area contributed by atoms with Crippen LogP contribution in [0.3, 0.4) is 0 Å². The molecule has 1 aliphatic heterocycles. The van der Waals surface area contributed by atoms with E-state index in [4.69, 9.17) is 9.47 Å². The first-order valence-electron chi connectivity index (χ1n) is 8.02. The molecule has 1 saturated heterocycles. The van der Waals surface area contributed by atoms with Crippen molar-refractivity contribution in [3.05, 3.63) is 45.9 Å². The van der Waals surface area contributed by atoms with Gasteiger partial charge < -0.3 is 19.5 Å². The standard InChI is InChI=1S/C18H20FNO4S/c1-11-3-6-17(25-11)18(22)20-8-7-14(13(21)10-20)24-15-5-4-12(19)9-16(15)23-2/h3-6,9,13-14,21H,7-8,10H2,1-2H3/t13-,14-/m1/s1. The first-order chi connectivity index (χ1) is 12.0. The summed E-state index contributed by atoms with van der Waals surface area (Å²) in [6.07, 6.45) is -0.820. The number of aryl methyl sites for hydroxylation is 1. The molecule has 1 aliphatic rings. The van der Waals surface area contributed by atoms with Crippen molar-refractivity contribution >= 4 is 17.2 Å². The van der Waals surface area contributed by atoms with Gasteiger partial charge in [0, 0.05) is 23.9 Å². The number of halogens is 1. The number of rotatable bonds is 4. The second-order valence-electron chi connectivity index (χ2n) is 5.97. The van der Waals surface area contributed by atoms with Crippen LogP contribution in [0.1, 0.15) is 21.0 Å². The minimum absolute atomic E-state index is 0.0741. The first kappa shape index (κ1) is 17.7. The number of aliphatic hydroxyl groups is 1. The molecular formula is C18H20FNO4S. The predicted octanol–water partition coefficient (Wildman–Crippen LogP) is 2.86. The van der Waals surface area contributed by atoms with Gasteiger partial charge in [-0.15, -0.1) is 11.3 Å². The van der Waals surface area contributed by atoms with Gasteiger partial charge in [-0.05, 0) is 31.2 Å². The third-order valence-corrected chi connectivity index (χ3v) is 5.15. The second kappa shape index (κ2) is 7.41. The molecule has 2 aromatic rings. The Morgan fingerprint density at radius 2 is 2.12 bits per heavy atom. The Labute approximate surface area is 149 Å². The Morgan fingerprint density at radius 3 is 2.76 bits per heavy atom. The van der Waals surface area contributed by atoms with Gasteiger partial charge in [0.05, 0.1) is 18.5 Å². The SMILES string of the molecule is COc1cc(F)ccc1O[C@@H]1CCN(C(=O)c2ccc(C)s2)C[C@H]1O. The van der Waals surface area contributed by atoms with Gasteiger partial charge in [-0.25, -0.2) is 4.39 Å². The minimum atomic E-state index is -0.825. The predicted molar refractivity (Wildman–Crippen MR) is 93.0 cm³/mol. The molecule has 1 aromatic carbocycles. The van der Waals surface area contributed by atoms with Crippen molar-refractivity contribution < 1.29 is 23.8 Å². The van der Waals surface area contributed by atoms with Gasteiger partial charge in [0.25, 0.3) is 5.91 Å². The number of ether oxygens (including phenoxy) is 2. The molecule has 0 aliphatic carbocycles. The van der Waals surface area contributed by atoms with Crippen LogP contribution >= 0.6 is 11.3 Å². The largest absolute Gasteiger partial charge is 0.493 e. The summed E-state index contributed by atoms with van der Waals surface area (Å²) in [6, 6.07) is 7.71. The number of β-amino-alcohol motifs (C(OH)–C–C–N with tert-alkyl or cyclic N) is 1. The van der Waals surface area contributed by atoms with Gasteiger partial charge in [-0.3, -0.25) is 4.79 Å². The van der Waals surface area contributed by atoms with Crippen molar-refractivity contribution in [3.63, 3.8) is 0 Å². The lowest BCUT2D eigenvalue weighted by Gasteiger charge is -2.35. The Kier molecular flexibility index (Phi) is 5.24. The number of carbonyl (C=O) groups excluding carboxylic acids is 1. The molecular weight excluding hydrogens is 345 g/mol.